The minimum absolute atomic E-state index is 0.156. The monoisotopic (exact) mass is 467 g/mol. The Kier molecular flexibility index (Phi) is 9.82. The summed E-state index contributed by atoms with van der Waals surface area (Å²) >= 11 is 0. The maximum Gasteiger partial charge on any atom is 0.345 e. The molecule has 0 N–H and O–H groups in total. The smallest absolute Gasteiger partial charge is 0.345 e. The number of rotatable bonds is 9. The molecule has 0 amide bonds. The molecule has 0 fully saturated rings. The molecule has 1 aromatic heterocycles. The quantitative estimate of drug-likeness (QED) is 0.245. The number of anilines is 1. The van der Waals surface area contributed by atoms with Gasteiger partial charge >= 0.3 is 11.7 Å². The molecule has 0 unspecified atom stereocenters. The van der Waals surface area contributed by atoms with Crippen LogP contribution in [0.25, 0.3) is 0 Å². The molecule has 3 rings (SSSR count). The molecule has 0 spiro atoms. The first kappa shape index (κ1) is 26.1. The largest absolute Gasteiger partial charge is 0.497 e. The van der Waals surface area contributed by atoms with Crippen LogP contribution in [0.5, 0.6) is 11.5 Å². The van der Waals surface area contributed by atoms with E-state index in [9.17, 15) is 14.9 Å². The molecule has 180 valence electrons. The fourth-order valence-corrected chi connectivity index (χ4v) is 3.15. The first-order chi connectivity index (χ1) is 16.4. The zero-order chi connectivity index (χ0) is 25.1. The lowest BCUT2D eigenvalue weighted by Crippen LogP contribution is -2.24. The number of nitrogens with zero attached hydrogens (tertiary/aromatic N) is 3. The van der Waals surface area contributed by atoms with E-state index in [1.807, 2.05) is 67.3 Å². The van der Waals surface area contributed by atoms with E-state index in [0.29, 0.717) is 18.9 Å². The van der Waals surface area contributed by atoms with E-state index in [1.54, 1.807) is 14.2 Å². The summed E-state index contributed by atoms with van der Waals surface area (Å²) in [5.74, 6) is 1.07. The predicted molar refractivity (Wildman–Crippen MR) is 129 cm³/mol. The Bertz CT molecular complexity index is 1040. The topological polar surface area (TPSA) is 104 Å². The van der Waals surface area contributed by atoms with E-state index in [0.717, 1.165) is 28.8 Å². The molecule has 0 saturated heterocycles. The number of ether oxygens (including phenoxy) is 3. The third kappa shape index (κ3) is 6.68. The average Bonchev–Trinajstić information content (AvgIpc) is 2.89. The first-order valence-electron chi connectivity index (χ1n) is 10.7. The molecule has 2 aromatic carbocycles. The van der Waals surface area contributed by atoms with Crippen LogP contribution in [0.15, 0.2) is 60.8 Å². The van der Waals surface area contributed by atoms with Gasteiger partial charge < -0.3 is 19.1 Å². The van der Waals surface area contributed by atoms with E-state index in [4.69, 9.17) is 14.2 Å². The lowest BCUT2D eigenvalue weighted by molar-refractivity contribution is -0.385. The fourth-order valence-electron chi connectivity index (χ4n) is 3.15. The van der Waals surface area contributed by atoms with Gasteiger partial charge in [-0.15, -0.1) is 0 Å². The van der Waals surface area contributed by atoms with Gasteiger partial charge in [0.15, 0.2) is 0 Å². The minimum atomic E-state index is -0.797. The van der Waals surface area contributed by atoms with E-state index in [1.165, 1.54) is 13.2 Å². The zero-order valence-electron chi connectivity index (χ0n) is 20.0. The van der Waals surface area contributed by atoms with Gasteiger partial charge in [-0.25, -0.2) is 9.78 Å². The van der Waals surface area contributed by atoms with Gasteiger partial charge in [-0.3, -0.25) is 10.1 Å². The van der Waals surface area contributed by atoms with Crippen molar-refractivity contribution < 1.29 is 23.9 Å². The van der Waals surface area contributed by atoms with Crippen molar-refractivity contribution in [3.8, 4) is 11.5 Å². The summed E-state index contributed by atoms with van der Waals surface area (Å²) in [5, 5.41) is 11.3. The van der Waals surface area contributed by atoms with Crippen molar-refractivity contribution in [2.45, 2.75) is 26.9 Å². The van der Waals surface area contributed by atoms with Crippen LogP contribution in [0.1, 0.15) is 35.3 Å². The Balaban J connectivity index is 0.00000199. The van der Waals surface area contributed by atoms with Crippen LogP contribution in [-0.2, 0) is 17.8 Å². The second kappa shape index (κ2) is 12.8. The number of benzene rings is 2. The van der Waals surface area contributed by atoms with Crippen LogP contribution in [-0.4, -0.2) is 37.2 Å². The van der Waals surface area contributed by atoms with E-state index < -0.39 is 16.6 Å². The Labute approximate surface area is 199 Å². The molecule has 3 aromatic rings. The Morgan fingerprint density at radius 2 is 1.38 bits per heavy atom. The van der Waals surface area contributed by atoms with Gasteiger partial charge in [0.05, 0.1) is 26.3 Å². The molecule has 9 heteroatoms. The van der Waals surface area contributed by atoms with Crippen molar-refractivity contribution >= 4 is 17.5 Å². The number of hydrogen-bond acceptors (Lipinski definition) is 8. The first-order valence-corrected chi connectivity index (χ1v) is 10.7. The summed E-state index contributed by atoms with van der Waals surface area (Å²) in [7, 11) is 4.37. The summed E-state index contributed by atoms with van der Waals surface area (Å²) in [6.45, 7) is 4.89. The third-order valence-electron chi connectivity index (χ3n) is 4.86. The van der Waals surface area contributed by atoms with Crippen molar-refractivity contribution in [1.29, 1.82) is 0 Å². The molecule has 0 aliphatic heterocycles. The van der Waals surface area contributed by atoms with Gasteiger partial charge in [0, 0.05) is 19.2 Å². The lowest BCUT2D eigenvalue weighted by Gasteiger charge is -2.24. The molecular formula is C25H29N3O6. The molecule has 34 heavy (non-hydrogen) atoms. The highest BCUT2D eigenvalue weighted by Gasteiger charge is 2.24. The van der Waals surface area contributed by atoms with Gasteiger partial charge in [0.2, 0.25) is 0 Å². The summed E-state index contributed by atoms with van der Waals surface area (Å²) in [6.07, 6.45) is 1.08. The number of carbonyl (C=O) groups excluding carboxylic acids is 1. The number of carbonyl (C=O) groups is 1. The predicted octanol–water partition coefficient (Wildman–Crippen LogP) is 5.03. The van der Waals surface area contributed by atoms with E-state index in [2.05, 4.69) is 4.98 Å². The van der Waals surface area contributed by atoms with Crippen LogP contribution in [0.2, 0.25) is 0 Å². The molecule has 0 bridgehead atoms. The molecule has 1 heterocycles. The van der Waals surface area contributed by atoms with Crippen LogP contribution in [0.4, 0.5) is 11.5 Å². The molecule has 9 nitrogen and oxygen atoms in total. The molecule has 0 aliphatic carbocycles. The Morgan fingerprint density at radius 3 is 1.76 bits per heavy atom. The maximum atomic E-state index is 12.2. The Hall–Kier alpha value is -4.14. The third-order valence-corrected chi connectivity index (χ3v) is 4.86. The molecule has 0 radical (unpaired) electrons. The van der Waals surface area contributed by atoms with Crippen molar-refractivity contribution in [3.05, 3.63) is 87.6 Å². The van der Waals surface area contributed by atoms with Gasteiger partial charge in [0.25, 0.3) is 0 Å². The average molecular weight is 468 g/mol. The van der Waals surface area contributed by atoms with E-state index in [-0.39, 0.29) is 5.56 Å². The van der Waals surface area contributed by atoms with Crippen LogP contribution in [0.3, 0.4) is 0 Å². The summed E-state index contributed by atoms with van der Waals surface area (Å²) in [6, 6.07) is 16.5. The van der Waals surface area contributed by atoms with Crippen molar-refractivity contribution in [2.75, 3.05) is 26.2 Å². The highest BCUT2D eigenvalue weighted by atomic mass is 16.6. The van der Waals surface area contributed by atoms with Gasteiger partial charge in [-0.05, 0) is 35.4 Å². The normalized spacial score (nSPS) is 9.91. The second-order valence-electron chi connectivity index (χ2n) is 6.86. The van der Waals surface area contributed by atoms with Gasteiger partial charge in [-0.1, -0.05) is 38.1 Å². The molecule has 0 aliphatic rings. The highest BCUT2D eigenvalue weighted by Crippen LogP contribution is 2.26. The molecule has 0 saturated carbocycles. The summed E-state index contributed by atoms with van der Waals surface area (Å²) in [4.78, 5) is 29.0. The Morgan fingerprint density at radius 1 is 0.912 bits per heavy atom. The number of aromatic nitrogens is 1. The fraction of sp³-hybridized carbons (Fsp3) is 0.280. The standard InChI is InChI=1S/C23H23N3O6.C2H6/c1-30-18-8-4-16(5-9-18)14-25(15-17-6-10-19(31-2)11-7-17)22-12-20(23(27)32-3)21(13-24-22)26(28)29;1-2/h4-13H,14-15H2,1-3H3;1-2H3. The van der Waals surface area contributed by atoms with Crippen molar-refractivity contribution in [2.24, 2.45) is 0 Å². The maximum absolute atomic E-state index is 12.2. The molecular weight excluding hydrogens is 438 g/mol. The van der Waals surface area contributed by atoms with Crippen LogP contribution < -0.4 is 14.4 Å². The zero-order valence-corrected chi connectivity index (χ0v) is 20.0. The van der Waals surface area contributed by atoms with Gasteiger partial charge in [0.1, 0.15) is 29.1 Å². The number of pyridine rings is 1. The summed E-state index contributed by atoms with van der Waals surface area (Å²) in [5.41, 5.74) is 1.38. The lowest BCUT2D eigenvalue weighted by atomic mass is 10.1. The highest BCUT2D eigenvalue weighted by molar-refractivity contribution is 5.94. The van der Waals surface area contributed by atoms with Crippen LogP contribution in [0, 0.1) is 10.1 Å². The number of nitro groups is 1. The van der Waals surface area contributed by atoms with E-state index >= 15 is 0 Å². The summed E-state index contributed by atoms with van der Waals surface area (Å²) < 4.78 is 15.2. The van der Waals surface area contributed by atoms with Gasteiger partial charge in [-0.2, -0.15) is 0 Å². The van der Waals surface area contributed by atoms with Crippen LogP contribution >= 0.6 is 0 Å². The SMILES string of the molecule is CC.COC(=O)c1cc(N(Cc2ccc(OC)cc2)Cc2ccc(OC)cc2)ncc1[N+](=O)[O-]. The number of hydrogen-bond donors (Lipinski definition) is 0. The minimum Gasteiger partial charge on any atom is -0.497 e. The number of methoxy groups -OCH3 is 3. The second-order valence-corrected chi connectivity index (χ2v) is 6.86. The van der Waals surface area contributed by atoms with Crippen molar-refractivity contribution in [3.63, 3.8) is 0 Å². The number of esters is 1. The van der Waals surface area contributed by atoms with Crippen molar-refractivity contribution in [1.82, 2.24) is 4.98 Å². The molecule has 0 atom stereocenters.